The van der Waals surface area contributed by atoms with E-state index >= 15 is 0 Å². The van der Waals surface area contributed by atoms with Crippen LogP contribution < -0.4 is 0 Å². The van der Waals surface area contributed by atoms with Gasteiger partial charge in [0.05, 0.1) is 0 Å². The van der Waals surface area contributed by atoms with Crippen molar-refractivity contribution in [2.45, 2.75) is 13.8 Å². The third kappa shape index (κ3) is 2.01. The molecular formula is C9H11N2W-. The molecule has 0 radical (unpaired) electrons. The van der Waals surface area contributed by atoms with Gasteiger partial charge in [0.1, 0.15) is 0 Å². The van der Waals surface area contributed by atoms with Gasteiger partial charge in [-0.15, -0.1) is 0 Å². The van der Waals surface area contributed by atoms with Crippen LogP contribution in [0.1, 0.15) is 13.8 Å². The molecule has 0 unspecified atom stereocenters. The van der Waals surface area contributed by atoms with Crippen molar-refractivity contribution in [2.24, 2.45) is 5.92 Å². The van der Waals surface area contributed by atoms with Crippen molar-refractivity contribution in [3.63, 3.8) is 0 Å². The van der Waals surface area contributed by atoms with E-state index in [1.807, 2.05) is 42.8 Å². The second-order valence-electron chi connectivity index (χ2n) is 2.92. The van der Waals surface area contributed by atoms with Crippen molar-refractivity contribution in [2.75, 3.05) is 0 Å². The Hall–Kier alpha value is -0.492. The second-order valence-corrected chi connectivity index (χ2v) is 4.42. The van der Waals surface area contributed by atoms with E-state index < -0.39 is 0 Å². The van der Waals surface area contributed by atoms with Gasteiger partial charge < -0.3 is 0 Å². The van der Waals surface area contributed by atoms with Gasteiger partial charge >= 0.3 is 83.0 Å². The van der Waals surface area contributed by atoms with Crippen LogP contribution in [0.15, 0.2) is 24.4 Å². The summed E-state index contributed by atoms with van der Waals surface area (Å²) in [6.45, 7) is 3.95. The third-order valence-corrected chi connectivity index (χ3v) is 2.78. The molecule has 0 amide bonds. The molecule has 64 valence electrons. The molecule has 1 rings (SSSR count). The van der Waals surface area contributed by atoms with E-state index in [-0.39, 0.29) is 5.92 Å². The summed E-state index contributed by atoms with van der Waals surface area (Å²) < 4.78 is 2.96. The Morgan fingerprint density at radius 3 is 2.67 bits per heavy atom. The van der Waals surface area contributed by atoms with E-state index in [4.69, 9.17) is 0 Å². The van der Waals surface area contributed by atoms with Crippen LogP contribution in [0.25, 0.3) is 5.41 Å². The van der Waals surface area contributed by atoms with E-state index in [1.54, 1.807) is 0 Å². The van der Waals surface area contributed by atoms with Gasteiger partial charge in [-0.1, -0.05) is 0 Å². The van der Waals surface area contributed by atoms with Crippen molar-refractivity contribution in [3.8, 4) is 0 Å². The topological polar surface area (TPSA) is 27.2 Å². The summed E-state index contributed by atoms with van der Waals surface area (Å²) in [5.74, 6) is 0.594. The molecule has 2 nitrogen and oxygen atoms in total. The van der Waals surface area contributed by atoms with E-state index in [1.165, 1.54) is 19.4 Å². The number of aromatic nitrogens is 1. The Bertz CT molecular complexity index is 338. The molecule has 0 aliphatic carbocycles. The first-order valence-electron chi connectivity index (χ1n) is 3.87. The van der Waals surface area contributed by atoms with Gasteiger partial charge in [-0.2, -0.15) is 0 Å². The van der Waals surface area contributed by atoms with Crippen molar-refractivity contribution >= 4 is 5.84 Å². The van der Waals surface area contributed by atoms with Gasteiger partial charge in [0.2, 0.25) is 0 Å². The number of hydrogen-bond donors (Lipinski definition) is 0. The summed E-state index contributed by atoms with van der Waals surface area (Å²) in [6, 6.07) is 5.91. The van der Waals surface area contributed by atoms with Crippen molar-refractivity contribution in [1.82, 2.24) is 4.57 Å². The van der Waals surface area contributed by atoms with Crippen LogP contribution in [0.2, 0.25) is 0 Å². The Morgan fingerprint density at radius 1 is 1.50 bits per heavy atom. The molecule has 1 heterocycles. The molecule has 3 heteroatoms. The van der Waals surface area contributed by atoms with E-state index in [0.29, 0.717) is 5.84 Å². The minimum absolute atomic E-state index is 0.176. The van der Waals surface area contributed by atoms with Crippen molar-refractivity contribution in [1.29, 1.82) is 0 Å². The Morgan fingerprint density at radius 2 is 2.17 bits per heavy atom. The first-order chi connectivity index (χ1) is 5.63. The second kappa shape index (κ2) is 3.95. The number of pyridine rings is 1. The molecule has 1 aromatic heterocycles. The van der Waals surface area contributed by atoms with Crippen molar-refractivity contribution < 1.29 is 19.4 Å². The average molecular weight is 331 g/mol. The van der Waals surface area contributed by atoms with Crippen LogP contribution in [0, 0.1) is 9.59 Å². The Labute approximate surface area is 83.2 Å². The van der Waals surface area contributed by atoms with Gasteiger partial charge in [0, 0.05) is 0 Å². The maximum atomic E-state index is 9.67. The zero-order chi connectivity index (χ0) is 9.14. The summed E-state index contributed by atoms with van der Waals surface area (Å²) in [7, 11) is 0. The van der Waals surface area contributed by atoms with Crippen LogP contribution in [-0.2, 0) is 19.4 Å². The summed E-state index contributed by atoms with van der Waals surface area (Å²) in [5.41, 5.74) is 0. The molecule has 0 saturated heterocycles. The van der Waals surface area contributed by atoms with Crippen LogP contribution in [-0.4, -0.2) is 10.4 Å². The first-order valence-corrected chi connectivity index (χ1v) is 5.33. The summed E-state index contributed by atoms with van der Waals surface area (Å²) in [4.78, 5) is 0. The molecule has 1 aromatic rings. The third-order valence-electron chi connectivity index (χ3n) is 1.59. The minimum atomic E-state index is 0.176. The molecule has 0 spiro atoms. The summed E-state index contributed by atoms with van der Waals surface area (Å²) >= 11 is 1.36. The molecule has 0 bridgehead atoms. The van der Waals surface area contributed by atoms with Gasteiger partial charge in [0.15, 0.2) is 0 Å². The Kier molecular flexibility index (Phi) is 3.16. The Balaban J connectivity index is 3.12. The van der Waals surface area contributed by atoms with Gasteiger partial charge in [-0.25, -0.2) is 0 Å². The molecule has 0 aromatic carbocycles. The van der Waals surface area contributed by atoms with E-state index in [2.05, 4.69) is 0 Å². The number of hydrogen-bond acceptors (Lipinski definition) is 0. The van der Waals surface area contributed by atoms with Crippen LogP contribution in [0.4, 0.5) is 0 Å². The average Bonchev–Trinajstić information content (AvgIpc) is 2.04. The fraction of sp³-hybridized carbons (Fsp3) is 0.333. The number of nitrogens with zero attached hydrogens (tertiary/aromatic N) is 2. The van der Waals surface area contributed by atoms with Crippen LogP contribution in [0.3, 0.4) is 0 Å². The monoisotopic (exact) mass is 331 g/mol. The van der Waals surface area contributed by atoms with Crippen molar-refractivity contribution in [3.05, 3.63) is 33.5 Å². The van der Waals surface area contributed by atoms with E-state index in [0.717, 1.165) is 3.67 Å². The fourth-order valence-electron chi connectivity index (χ4n) is 0.895. The predicted molar refractivity (Wildman–Crippen MR) is 46.3 cm³/mol. The first kappa shape index (κ1) is 9.60. The van der Waals surface area contributed by atoms with Crippen LogP contribution in [0.5, 0.6) is 0 Å². The summed E-state index contributed by atoms with van der Waals surface area (Å²) in [6.07, 6.45) is 1.89. The molecule has 0 atom stereocenters. The molecule has 0 fully saturated rings. The molecular weight excluding hydrogens is 320 g/mol. The summed E-state index contributed by atoms with van der Waals surface area (Å²) in [5, 5.41) is 9.67. The molecule has 0 aliphatic rings. The molecule has 0 N–H and O–H groups in total. The van der Waals surface area contributed by atoms with Crippen LogP contribution >= 0.6 is 0 Å². The van der Waals surface area contributed by atoms with E-state index in [9.17, 15) is 5.41 Å². The molecule has 0 aliphatic heterocycles. The standard InChI is InChI=1S/C9H11N2.W/c1-8(2)9(10)11-6-4-3-5-7-11;/h3-6,8H,1-2H3;/q-1;. The SMILES string of the molecule is CC(C)C(=[N-])n1cccc[c]1=[W]. The van der Waals surface area contributed by atoms with Gasteiger partial charge in [-0.3, -0.25) is 0 Å². The zero-order valence-corrected chi connectivity index (χ0v) is 10.1. The normalized spacial score (nSPS) is 10.2. The quantitative estimate of drug-likeness (QED) is 0.556. The van der Waals surface area contributed by atoms with Gasteiger partial charge in [0.25, 0.3) is 0 Å². The predicted octanol–water partition coefficient (Wildman–Crippen LogP) is 2.04. The fourth-order valence-corrected chi connectivity index (χ4v) is 1.73. The maximum absolute atomic E-state index is 9.67. The number of rotatable bonds is 1. The molecule has 0 saturated carbocycles. The zero-order valence-electron chi connectivity index (χ0n) is 7.19. The van der Waals surface area contributed by atoms with Gasteiger partial charge in [-0.05, 0) is 0 Å². The molecule has 12 heavy (non-hydrogen) atoms.